The van der Waals surface area contributed by atoms with E-state index in [0.29, 0.717) is 21.8 Å². The first-order valence-electron chi connectivity index (χ1n) is 7.73. The summed E-state index contributed by atoms with van der Waals surface area (Å²) in [6.45, 7) is 0. The summed E-state index contributed by atoms with van der Waals surface area (Å²) in [5.41, 5.74) is -1.09. The fourth-order valence-corrected chi connectivity index (χ4v) is 4.26. The second kappa shape index (κ2) is 5.71. The number of sulfone groups is 1. The summed E-state index contributed by atoms with van der Waals surface area (Å²) in [4.78, 5) is 28.3. The molecule has 0 spiro atoms. The molecule has 0 aliphatic carbocycles. The number of rotatable bonds is 2. The number of aromatic amines is 2. The van der Waals surface area contributed by atoms with Crippen molar-refractivity contribution in [2.24, 2.45) is 0 Å². The van der Waals surface area contributed by atoms with Gasteiger partial charge >= 0.3 is 0 Å². The number of aromatic hydroxyl groups is 2. The van der Waals surface area contributed by atoms with E-state index in [2.05, 4.69) is 9.97 Å². The fourth-order valence-electron chi connectivity index (χ4n) is 2.87. The van der Waals surface area contributed by atoms with Crippen molar-refractivity contribution in [3.8, 4) is 11.5 Å². The van der Waals surface area contributed by atoms with E-state index in [9.17, 15) is 28.2 Å². The molecule has 0 amide bonds. The van der Waals surface area contributed by atoms with Gasteiger partial charge in [-0.2, -0.15) is 0 Å². The van der Waals surface area contributed by atoms with Crippen molar-refractivity contribution in [1.82, 2.24) is 9.97 Å². The van der Waals surface area contributed by atoms with Gasteiger partial charge in [-0.15, -0.1) is 0 Å². The van der Waals surface area contributed by atoms with Crippen molar-refractivity contribution in [1.29, 1.82) is 0 Å². The van der Waals surface area contributed by atoms with Crippen LogP contribution in [-0.4, -0.2) is 28.6 Å². The van der Waals surface area contributed by atoms with E-state index in [-0.39, 0.29) is 11.5 Å². The molecule has 0 bridgehead atoms. The van der Waals surface area contributed by atoms with Crippen molar-refractivity contribution in [3.05, 3.63) is 69.2 Å². The molecule has 136 valence electrons. The Balaban J connectivity index is 2.01. The van der Waals surface area contributed by atoms with Gasteiger partial charge in [-0.1, -0.05) is 0 Å². The number of phenolic OH excluding ortho intramolecular Hbond substituents is 2. The molecule has 0 aliphatic rings. The Bertz CT molecular complexity index is 1350. The monoisotopic (exact) mass is 384 g/mol. The molecule has 0 atom stereocenters. The van der Waals surface area contributed by atoms with Gasteiger partial charge in [0.05, 0.1) is 0 Å². The van der Waals surface area contributed by atoms with Gasteiger partial charge in [-0.05, 0) is 48.5 Å². The zero-order valence-electron chi connectivity index (χ0n) is 13.6. The maximum atomic E-state index is 13.0. The molecule has 0 aliphatic heterocycles. The maximum Gasteiger partial charge on any atom is 0.267 e. The molecule has 8 nitrogen and oxygen atoms in total. The summed E-state index contributed by atoms with van der Waals surface area (Å²) in [6.07, 6.45) is 0. The van der Waals surface area contributed by atoms with Crippen LogP contribution in [0.4, 0.5) is 0 Å². The van der Waals surface area contributed by atoms with E-state index < -0.39 is 30.7 Å². The highest BCUT2D eigenvalue weighted by Crippen LogP contribution is 2.24. The van der Waals surface area contributed by atoms with E-state index in [1.165, 1.54) is 36.4 Å². The highest BCUT2D eigenvalue weighted by Gasteiger charge is 2.25. The first kappa shape index (κ1) is 16.9. The molecular formula is C18H12N2O6S. The molecule has 2 heterocycles. The van der Waals surface area contributed by atoms with Crippen LogP contribution in [0.2, 0.25) is 0 Å². The smallest absolute Gasteiger partial charge is 0.267 e. The Labute approximate surface area is 151 Å². The number of hydrogen-bond donors (Lipinski definition) is 4. The van der Waals surface area contributed by atoms with Crippen LogP contribution in [-0.2, 0) is 9.84 Å². The van der Waals surface area contributed by atoms with Crippen LogP contribution in [0.1, 0.15) is 0 Å². The second-order valence-corrected chi connectivity index (χ2v) is 7.86. The van der Waals surface area contributed by atoms with Gasteiger partial charge in [-0.3, -0.25) is 9.59 Å². The summed E-state index contributed by atoms with van der Waals surface area (Å²) < 4.78 is 25.9. The molecule has 0 radical (unpaired) electrons. The maximum absolute atomic E-state index is 13.0. The predicted octanol–water partition coefficient (Wildman–Crippen LogP) is 1.61. The SMILES string of the molecule is O=c1[nH]c2ccc(O)cc2cc1S(=O)(=O)c1cc2cc(O)ccc2[nH]c1=O. The number of benzene rings is 2. The molecule has 4 rings (SSSR count). The minimum absolute atomic E-state index is 0.100. The lowest BCUT2D eigenvalue weighted by Gasteiger charge is -2.07. The van der Waals surface area contributed by atoms with Gasteiger partial charge in [0.1, 0.15) is 21.3 Å². The van der Waals surface area contributed by atoms with Crippen molar-refractivity contribution < 1.29 is 18.6 Å². The molecule has 4 aromatic rings. The topological polar surface area (TPSA) is 140 Å². The molecule has 4 N–H and O–H groups in total. The standard InChI is InChI=1S/C18H12N2O6S/c21-11-1-3-13-9(5-11)7-15(17(23)19-13)27(25,26)16-8-10-6-12(22)2-4-14(10)20-18(16)24/h1-8,21-22H,(H,19,23)(H,20,24). The van der Waals surface area contributed by atoms with E-state index >= 15 is 0 Å². The molecule has 9 heteroatoms. The lowest BCUT2D eigenvalue weighted by Crippen LogP contribution is -2.23. The summed E-state index contributed by atoms with van der Waals surface area (Å²) in [7, 11) is -4.46. The summed E-state index contributed by atoms with van der Waals surface area (Å²) in [5, 5.41) is 19.7. The van der Waals surface area contributed by atoms with Gasteiger partial charge in [0.25, 0.3) is 11.1 Å². The van der Waals surface area contributed by atoms with E-state index in [1.54, 1.807) is 0 Å². The van der Waals surface area contributed by atoms with Crippen molar-refractivity contribution in [2.45, 2.75) is 9.79 Å². The van der Waals surface area contributed by atoms with E-state index in [1.807, 2.05) is 0 Å². The molecular weight excluding hydrogens is 372 g/mol. The summed E-state index contributed by atoms with van der Waals surface area (Å²) in [5.74, 6) is -0.200. The molecule has 0 unspecified atom stereocenters. The fraction of sp³-hybridized carbons (Fsp3) is 0. The Morgan fingerprint density at radius 3 is 1.48 bits per heavy atom. The highest BCUT2D eigenvalue weighted by atomic mass is 32.2. The molecule has 2 aromatic carbocycles. The third-order valence-corrected chi connectivity index (χ3v) is 5.93. The van der Waals surface area contributed by atoms with E-state index in [4.69, 9.17) is 0 Å². The zero-order chi connectivity index (χ0) is 19.3. The normalized spacial score (nSPS) is 11.9. The number of H-pyrrole nitrogens is 2. The van der Waals surface area contributed by atoms with E-state index in [0.717, 1.165) is 12.1 Å². The minimum Gasteiger partial charge on any atom is -0.508 e. The quantitative estimate of drug-likeness (QED) is 0.414. The highest BCUT2D eigenvalue weighted by molar-refractivity contribution is 7.91. The summed E-state index contributed by atoms with van der Waals surface area (Å²) in [6, 6.07) is 10.4. The minimum atomic E-state index is -4.46. The zero-order valence-corrected chi connectivity index (χ0v) is 14.4. The predicted molar refractivity (Wildman–Crippen MR) is 97.9 cm³/mol. The van der Waals surface area contributed by atoms with Crippen LogP contribution in [0.5, 0.6) is 11.5 Å². The lowest BCUT2D eigenvalue weighted by atomic mass is 10.2. The first-order valence-corrected chi connectivity index (χ1v) is 9.21. The first-order chi connectivity index (χ1) is 12.8. The molecule has 0 saturated carbocycles. The third-order valence-electron chi connectivity index (χ3n) is 4.17. The Morgan fingerprint density at radius 1 is 0.667 bits per heavy atom. The van der Waals surface area contributed by atoms with Gasteiger partial charge in [0, 0.05) is 21.8 Å². The van der Waals surface area contributed by atoms with Gasteiger partial charge in [0.15, 0.2) is 0 Å². The molecule has 0 saturated heterocycles. The van der Waals surface area contributed by atoms with Crippen LogP contribution in [0.15, 0.2) is 67.9 Å². The number of nitrogens with one attached hydrogen (secondary N) is 2. The Kier molecular flexibility index (Phi) is 3.57. The van der Waals surface area contributed by atoms with Crippen LogP contribution in [0.25, 0.3) is 21.8 Å². The van der Waals surface area contributed by atoms with Crippen LogP contribution < -0.4 is 11.1 Å². The van der Waals surface area contributed by atoms with Gasteiger partial charge in [-0.25, -0.2) is 8.42 Å². The number of hydrogen-bond acceptors (Lipinski definition) is 6. The van der Waals surface area contributed by atoms with Gasteiger partial charge < -0.3 is 20.2 Å². The number of aromatic nitrogens is 2. The average Bonchev–Trinajstić information content (AvgIpc) is 2.61. The lowest BCUT2D eigenvalue weighted by molar-refractivity contribution is 0.475. The van der Waals surface area contributed by atoms with Crippen LogP contribution >= 0.6 is 0 Å². The number of fused-ring (bicyclic) bond motifs is 2. The Hall–Kier alpha value is -3.59. The largest absolute Gasteiger partial charge is 0.508 e. The van der Waals surface area contributed by atoms with Crippen molar-refractivity contribution in [2.75, 3.05) is 0 Å². The summed E-state index contributed by atoms with van der Waals surface area (Å²) >= 11 is 0. The van der Waals surface area contributed by atoms with Gasteiger partial charge in [0.2, 0.25) is 9.84 Å². The Morgan fingerprint density at radius 2 is 1.07 bits per heavy atom. The average molecular weight is 384 g/mol. The van der Waals surface area contributed by atoms with Crippen molar-refractivity contribution in [3.63, 3.8) is 0 Å². The number of pyridine rings is 2. The third kappa shape index (κ3) is 2.74. The second-order valence-electron chi connectivity index (χ2n) is 5.97. The van der Waals surface area contributed by atoms with Crippen LogP contribution in [0.3, 0.4) is 0 Å². The molecule has 0 fully saturated rings. The van der Waals surface area contributed by atoms with Crippen molar-refractivity contribution >= 4 is 31.6 Å². The number of phenols is 2. The van der Waals surface area contributed by atoms with Crippen LogP contribution in [0, 0.1) is 0 Å². The molecule has 27 heavy (non-hydrogen) atoms. The molecule has 2 aromatic heterocycles.